The van der Waals surface area contributed by atoms with E-state index in [-0.39, 0.29) is 18.1 Å². The maximum Gasteiger partial charge on any atom is 0.328 e. The fraction of sp³-hybridized carbons (Fsp3) is 0.345. The lowest BCUT2D eigenvalue weighted by Gasteiger charge is -2.44. The number of benzene rings is 2. The highest BCUT2D eigenvalue weighted by molar-refractivity contribution is 6.99. The molecule has 1 aliphatic rings. The monoisotopic (exact) mass is 518 g/mol. The number of esters is 1. The molecule has 0 amide bonds. The van der Waals surface area contributed by atoms with Gasteiger partial charge in [0.1, 0.15) is 5.41 Å². The van der Waals surface area contributed by atoms with Crippen LogP contribution in [0.5, 0.6) is 0 Å². The van der Waals surface area contributed by atoms with E-state index in [1.807, 2.05) is 42.5 Å². The van der Waals surface area contributed by atoms with Crippen molar-refractivity contribution >= 4 is 24.7 Å². The molecule has 0 fully saturated rings. The second-order valence-corrected chi connectivity index (χ2v) is 15.0. The zero-order chi connectivity index (χ0) is 26.8. The number of H-pyrrole nitrogens is 1. The molecule has 1 N–H and O–H groups in total. The van der Waals surface area contributed by atoms with Crippen LogP contribution >= 0.6 is 0 Å². The average Bonchev–Trinajstić information content (AvgIpc) is 3.32. The summed E-state index contributed by atoms with van der Waals surface area (Å²) in [4.78, 5) is 40.1. The number of nitrogens with one attached hydrogen (secondary N) is 1. The number of nitrogens with zero attached hydrogens (tertiary/aromatic N) is 1. The first-order chi connectivity index (χ1) is 17.5. The first-order valence-corrected chi connectivity index (χ1v) is 14.3. The van der Waals surface area contributed by atoms with Crippen LogP contribution in [0.1, 0.15) is 38.8 Å². The molecular formula is C29H34N2O5Si. The average molecular weight is 519 g/mol. The van der Waals surface area contributed by atoms with Gasteiger partial charge in [-0.2, -0.15) is 0 Å². The molecule has 1 aromatic heterocycles. The highest BCUT2D eigenvalue weighted by atomic mass is 28.4. The number of methoxy groups -OCH3 is 1. The molecule has 0 aliphatic heterocycles. The number of carbonyl (C=O) groups excluding carboxylic acids is 1. The number of carbonyl (C=O) groups is 1. The molecular weight excluding hydrogens is 484 g/mol. The van der Waals surface area contributed by atoms with Crippen molar-refractivity contribution in [2.24, 2.45) is 5.41 Å². The quantitative estimate of drug-likeness (QED) is 0.295. The lowest BCUT2D eigenvalue weighted by atomic mass is 9.88. The molecule has 0 spiro atoms. The first-order valence-electron chi connectivity index (χ1n) is 12.4. The standard InChI is InChI=1S/C29H34N2O5Si/c1-21-19-31(27(34)30-25(21)32)22-16-17-29(18-22,26(33)35-5)20-36-37(28(2,3)4,23-12-8-6-9-13-23)24-14-10-7-11-15-24/h6-17,19,22H,18,20H2,1-5H3,(H,30,32,34). The third kappa shape index (κ3) is 4.79. The van der Waals surface area contributed by atoms with Crippen LogP contribution in [0.3, 0.4) is 0 Å². The van der Waals surface area contributed by atoms with Gasteiger partial charge in [0.05, 0.1) is 19.8 Å². The van der Waals surface area contributed by atoms with Crippen LogP contribution in [0.25, 0.3) is 0 Å². The van der Waals surface area contributed by atoms with E-state index in [1.165, 1.54) is 17.9 Å². The summed E-state index contributed by atoms with van der Waals surface area (Å²) < 4.78 is 13.8. The second kappa shape index (κ2) is 10.1. The van der Waals surface area contributed by atoms with Gasteiger partial charge in [-0.05, 0) is 28.8 Å². The third-order valence-corrected chi connectivity index (χ3v) is 12.3. The zero-order valence-corrected chi connectivity index (χ0v) is 23.0. The van der Waals surface area contributed by atoms with Crippen molar-refractivity contribution in [2.75, 3.05) is 13.7 Å². The summed E-state index contributed by atoms with van der Waals surface area (Å²) in [7, 11) is -1.54. The summed E-state index contributed by atoms with van der Waals surface area (Å²) in [6.07, 6.45) is 5.44. The van der Waals surface area contributed by atoms with Crippen LogP contribution in [0.4, 0.5) is 0 Å². The highest BCUT2D eigenvalue weighted by Gasteiger charge is 2.53. The Morgan fingerprint density at radius 3 is 2.14 bits per heavy atom. The summed E-state index contributed by atoms with van der Waals surface area (Å²) in [6.45, 7) is 8.28. The SMILES string of the molecule is COC(=O)C1(CO[Si](c2ccccc2)(c2ccccc2)C(C)(C)C)C=CC(n2cc(C)c(=O)[nH]c2=O)C1. The largest absolute Gasteiger partial charge is 0.468 e. The molecule has 8 heteroatoms. The maximum atomic E-state index is 13.3. The van der Waals surface area contributed by atoms with Crippen LogP contribution in [0.15, 0.2) is 88.6 Å². The molecule has 2 atom stereocenters. The fourth-order valence-electron chi connectivity index (χ4n) is 5.35. The molecule has 7 nitrogen and oxygen atoms in total. The number of aromatic amines is 1. The topological polar surface area (TPSA) is 90.4 Å². The Morgan fingerprint density at radius 2 is 1.62 bits per heavy atom. The molecule has 0 radical (unpaired) electrons. The van der Waals surface area contributed by atoms with E-state index in [0.29, 0.717) is 5.56 Å². The van der Waals surface area contributed by atoms with E-state index in [2.05, 4.69) is 50.0 Å². The molecule has 1 aliphatic carbocycles. The van der Waals surface area contributed by atoms with Crippen molar-refractivity contribution in [3.8, 4) is 0 Å². The van der Waals surface area contributed by atoms with Crippen molar-refractivity contribution in [3.63, 3.8) is 0 Å². The van der Waals surface area contributed by atoms with Gasteiger partial charge in [-0.25, -0.2) is 4.79 Å². The number of hydrogen-bond acceptors (Lipinski definition) is 5. The summed E-state index contributed by atoms with van der Waals surface area (Å²) in [6, 6.07) is 20.0. The van der Waals surface area contributed by atoms with Gasteiger partial charge < -0.3 is 9.16 Å². The van der Waals surface area contributed by atoms with Gasteiger partial charge in [0.25, 0.3) is 13.9 Å². The van der Waals surface area contributed by atoms with Crippen LogP contribution in [0.2, 0.25) is 5.04 Å². The third-order valence-electron chi connectivity index (χ3n) is 7.27. The predicted molar refractivity (Wildman–Crippen MR) is 147 cm³/mol. The van der Waals surface area contributed by atoms with Gasteiger partial charge in [0.15, 0.2) is 0 Å². The molecule has 0 saturated carbocycles. The number of aromatic nitrogens is 2. The van der Waals surface area contributed by atoms with Crippen molar-refractivity contribution in [1.82, 2.24) is 9.55 Å². The van der Waals surface area contributed by atoms with Gasteiger partial charge in [0.2, 0.25) is 0 Å². The van der Waals surface area contributed by atoms with E-state index in [4.69, 9.17) is 9.16 Å². The van der Waals surface area contributed by atoms with Gasteiger partial charge >= 0.3 is 11.7 Å². The van der Waals surface area contributed by atoms with Crippen LogP contribution < -0.4 is 21.6 Å². The minimum atomic E-state index is -2.91. The Morgan fingerprint density at radius 1 is 1.05 bits per heavy atom. The normalized spacial score (nSPS) is 19.6. The zero-order valence-electron chi connectivity index (χ0n) is 22.0. The van der Waals surface area contributed by atoms with Crippen LogP contribution in [-0.2, 0) is 14.0 Å². The van der Waals surface area contributed by atoms with Gasteiger partial charge in [-0.3, -0.25) is 19.1 Å². The second-order valence-electron chi connectivity index (χ2n) is 10.7. The van der Waals surface area contributed by atoms with Gasteiger partial charge in [0, 0.05) is 11.8 Å². The summed E-state index contributed by atoms with van der Waals surface area (Å²) >= 11 is 0. The van der Waals surface area contributed by atoms with E-state index in [0.717, 1.165) is 10.4 Å². The molecule has 0 saturated heterocycles. The maximum absolute atomic E-state index is 13.3. The van der Waals surface area contributed by atoms with E-state index >= 15 is 0 Å². The van der Waals surface area contributed by atoms with Crippen molar-refractivity contribution in [2.45, 2.75) is 45.2 Å². The van der Waals surface area contributed by atoms with Crippen molar-refractivity contribution in [1.29, 1.82) is 0 Å². The Labute approximate surface area is 217 Å². The molecule has 2 aromatic carbocycles. The Balaban J connectivity index is 1.78. The number of ether oxygens (including phenoxy) is 1. The molecule has 1 heterocycles. The minimum Gasteiger partial charge on any atom is -0.468 e. The smallest absolute Gasteiger partial charge is 0.328 e. The molecule has 4 rings (SSSR count). The highest BCUT2D eigenvalue weighted by Crippen LogP contribution is 2.43. The van der Waals surface area contributed by atoms with Crippen LogP contribution in [-0.4, -0.2) is 37.6 Å². The lowest BCUT2D eigenvalue weighted by Crippen LogP contribution is -2.67. The molecule has 3 aromatic rings. The van der Waals surface area contributed by atoms with Crippen molar-refractivity contribution < 1.29 is 14.0 Å². The first kappa shape index (κ1) is 26.6. The number of aryl methyl sites for hydroxylation is 1. The van der Waals surface area contributed by atoms with Gasteiger partial charge in [-0.1, -0.05) is 93.6 Å². The van der Waals surface area contributed by atoms with Crippen LogP contribution in [0, 0.1) is 12.3 Å². The Bertz CT molecular complexity index is 1370. The summed E-state index contributed by atoms with van der Waals surface area (Å²) in [5.41, 5.74) is -1.60. The fourth-order valence-corrected chi connectivity index (χ4v) is 9.98. The molecule has 37 heavy (non-hydrogen) atoms. The van der Waals surface area contributed by atoms with Gasteiger partial charge in [-0.15, -0.1) is 0 Å². The molecule has 0 bridgehead atoms. The van der Waals surface area contributed by atoms with E-state index in [1.54, 1.807) is 13.0 Å². The van der Waals surface area contributed by atoms with Crippen molar-refractivity contribution in [3.05, 3.63) is 105 Å². The number of rotatable bonds is 7. The summed E-state index contributed by atoms with van der Waals surface area (Å²) in [5.74, 6) is -0.418. The Kier molecular flexibility index (Phi) is 7.26. The number of allylic oxidation sites excluding steroid dienone is 1. The Hall–Kier alpha value is -3.49. The van der Waals surface area contributed by atoms with E-state index < -0.39 is 37.0 Å². The number of hydrogen-bond donors (Lipinski definition) is 1. The van der Waals surface area contributed by atoms with E-state index in [9.17, 15) is 14.4 Å². The lowest BCUT2D eigenvalue weighted by molar-refractivity contribution is -0.151. The molecule has 194 valence electrons. The minimum absolute atomic E-state index is 0.0943. The predicted octanol–water partition coefficient (Wildman–Crippen LogP) is 3.08. The summed E-state index contributed by atoms with van der Waals surface area (Å²) in [5, 5.41) is 1.96. The molecule has 2 unspecified atom stereocenters.